The van der Waals surface area contributed by atoms with E-state index in [0.29, 0.717) is 34.5 Å². The van der Waals surface area contributed by atoms with Crippen LogP contribution < -0.4 is 10.5 Å². The molecule has 1 saturated carbocycles. The molecule has 1 aliphatic rings. The smallest absolute Gasteiger partial charge is 0.417 e. The molecule has 6 nitrogen and oxygen atoms in total. The molecule has 1 heterocycles. The Morgan fingerprint density at radius 1 is 1.20 bits per heavy atom. The van der Waals surface area contributed by atoms with E-state index in [9.17, 15) is 18.0 Å². The number of carbonyl (C=O) groups is 1. The quantitative estimate of drug-likeness (QED) is 0.585. The molecular formula is C20H16BrF3N4O2. The Morgan fingerprint density at radius 3 is 2.50 bits per heavy atom. The summed E-state index contributed by atoms with van der Waals surface area (Å²) in [5, 5.41) is 8.18. The monoisotopic (exact) mass is 480 g/mol. The van der Waals surface area contributed by atoms with Gasteiger partial charge >= 0.3 is 6.18 Å². The molecule has 1 aromatic heterocycles. The molecule has 2 N–H and O–H groups in total. The van der Waals surface area contributed by atoms with Gasteiger partial charge in [0.05, 0.1) is 10.0 Å². The number of rotatable bonds is 5. The van der Waals surface area contributed by atoms with Crippen molar-refractivity contribution in [3.8, 4) is 17.1 Å². The molecular weight excluding hydrogens is 465 g/mol. The summed E-state index contributed by atoms with van der Waals surface area (Å²) in [7, 11) is 1.62. The topological polar surface area (TPSA) is 83.0 Å². The molecule has 0 spiro atoms. The molecule has 156 valence electrons. The van der Waals surface area contributed by atoms with E-state index in [1.54, 1.807) is 25.2 Å². The lowest BCUT2D eigenvalue weighted by atomic mass is 10.1. The highest BCUT2D eigenvalue weighted by Gasteiger charge is 2.52. The third kappa shape index (κ3) is 3.55. The van der Waals surface area contributed by atoms with Crippen LogP contribution in [0.5, 0.6) is 5.75 Å². The predicted molar refractivity (Wildman–Crippen MR) is 106 cm³/mol. The first-order valence-corrected chi connectivity index (χ1v) is 9.76. The van der Waals surface area contributed by atoms with Crippen molar-refractivity contribution in [2.45, 2.75) is 24.6 Å². The number of benzene rings is 2. The zero-order valence-corrected chi connectivity index (χ0v) is 17.3. The van der Waals surface area contributed by atoms with Gasteiger partial charge in [-0.15, -0.1) is 10.2 Å². The minimum absolute atomic E-state index is 0.0472. The van der Waals surface area contributed by atoms with Crippen LogP contribution in [0.25, 0.3) is 11.4 Å². The number of amides is 1. The number of halogens is 4. The number of alkyl halides is 3. The summed E-state index contributed by atoms with van der Waals surface area (Å²) in [6.45, 7) is 0. The Labute approximate surface area is 178 Å². The van der Waals surface area contributed by atoms with Crippen molar-refractivity contribution < 1.29 is 22.7 Å². The molecule has 10 heteroatoms. The van der Waals surface area contributed by atoms with Gasteiger partial charge in [-0.2, -0.15) is 13.2 Å². The minimum atomic E-state index is -4.51. The number of primary amides is 1. The van der Waals surface area contributed by atoms with Crippen LogP contribution in [-0.4, -0.2) is 20.7 Å². The first kappa shape index (κ1) is 20.4. The molecule has 0 bridgehead atoms. The summed E-state index contributed by atoms with van der Waals surface area (Å²) in [5.74, 6) is 0.443. The van der Waals surface area contributed by atoms with Gasteiger partial charge < -0.3 is 15.0 Å². The van der Waals surface area contributed by atoms with Crippen molar-refractivity contribution in [2.24, 2.45) is 12.8 Å². The summed E-state index contributed by atoms with van der Waals surface area (Å²) in [6, 6.07) is 9.96. The molecule has 4 rings (SSSR count). The van der Waals surface area contributed by atoms with Crippen LogP contribution in [0.3, 0.4) is 0 Å². The normalized spacial score (nSPS) is 15.1. The van der Waals surface area contributed by atoms with Gasteiger partial charge in [0.2, 0.25) is 5.91 Å². The van der Waals surface area contributed by atoms with E-state index in [2.05, 4.69) is 26.1 Å². The van der Waals surface area contributed by atoms with E-state index in [0.717, 1.165) is 6.07 Å². The van der Waals surface area contributed by atoms with Gasteiger partial charge in [-0.05, 0) is 53.0 Å². The third-order valence-electron chi connectivity index (χ3n) is 4.98. The van der Waals surface area contributed by atoms with E-state index < -0.39 is 23.2 Å². The van der Waals surface area contributed by atoms with Crippen LogP contribution in [0.2, 0.25) is 0 Å². The third-order valence-corrected chi connectivity index (χ3v) is 5.60. The lowest BCUT2D eigenvalue weighted by molar-refractivity contribution is -0.137. The van der Waals surface area contributed by atoms with E-state index in [1.165, 1.54) is 22.8 Å². The van der Waals surface area contributed by atoms with Gasteiger partial charge in [0.1, 0.15) is 5.75 Å². The number of hydrogen-bond donors (Lipinski definition) is 1. The summed E-state index contributed by atoms with van der Waals surface area (Å²) >= 11 is 3.36. The van der Waals surface area contributed by atoms with Crippen LogP contribution in [0.1, 0.15) is 34.6 Å². The number of ether oxygens (including phenoxy) is 1. The van der Waals surface area contributed by atoms with E-state index in [1.807, 2.05) is 0 Å². The maximum atomic E-state index is 13.4. The number of nitrogens with zero attached hydrogens (tertiary/aromatic N) is 3. The molecule has 1 aliphatic carbocycles. The summed E-state index contributed by atoms with van der Waals surface area (Å²) < 4.78 is 48.5. The Bertz CT molecular complexity index is 1140. The van der Waals surface area contributed by atoms with Crippen molar-refractivity contribution >= 4 is 21.8 Å². The van der Waals surface area contributed by atoms with Crippen molar-refractivity contribution in [1.82, 2.24) is 14.8 Å². The molecule has 0 radical (unpaired) electrons. The van der Waals surface area contributed by atoms with Crippen LogP contribution in [0.4, 0.5) is 13.2 Å². The average molecular weight is 481 g/mol. The second kappa shape index (κ2) is 7.12. The number of carbonyl (C=O) groups excluding carboxylic acids is 1. The van der Waals surface area contributed by atoms with Gasteiger partial charge in [0.25, 0.3) is 0 Å². The van der Waals surface area contributed by atoms with Gasteiger partial charge in [0.15, 0.2) is 17.2 Å². The summed E-state index contributed by atoms with van der Waals surface area (Å²) in [5.41, 5.74) is 3.98. The average Bonchev–Trinajstić information content (AvgIpc) is 3.35. The molecule has 2 aromatic carbocycles. The van der Waals surface area contributed by atoms with Gasteiger partial charge in [-0.3, -0.25) is 4.79 Å². The highest BCUT2D eigenvalue weighted by Crippen LogP contribution is 2.50. The van der Waals surface area contributed by atoms with Gasteiger partial charge in [0, 0.05) is 18.2 Å². The Morgan fingerprint density at radius 2 is 1.90 bits per heavy atom. The molecule has 0 aliphatic heterocycles. The van der Waals surface area contributed by atoms with Gasteiger partial charge in [-0.1, -0.05) is 18.2 Å². The first-order chi connectivity index (χ1) is 14.1. The van der Waals surface area contributed by atoms with Crippen LogP contribution in [0.15, 0.2) is 46.9 Å². The number of nitrogens with two attached hydrogens (primary N) is 1. The molecule has 3 aromatic rings. The molecule has 0 saturated heterocycles. The second-order valence-electron chi connectivity index (χ2n) is 7.06. The van der Waals surface area contributed by atoms with Crippen LogP contribution in [-0.2, 0) is 18.8 Å². The first-order valence-electron chi connectivity index (χ1n) is 8.97. The van der Waals surface area contributed by atoms with Crippen molar-refractivity contribution in [2.75, 3.05) is 0 Å². The Hall–Kier alpha value is -2.88. The van der Waals surface area contributed by atoms with E-state index >= 15 is 0 Å². The molecule has 1 amide bonds. The Kier molecular flexibility index (Phi) is 4.84. The maximum Gasteiger partial charge on any atom is 0.417 e. The SMILES string of the molecule is Cn1c(-c2ccccc2C(F)(F)F)nnc1C1(Oc2ccc(C(N)=O)cc2Br)CC1. The highest BCUT2D eigenvalue weighted by atomic mass is 79.9. The fraction of sp³-hybridized carbons (Fsp3) is 0.250. The standard InChI is InChI=1S/C20H16BrF3N4O2/c1-28-17(12-4-2-3-5-13(12)20(22,23)24)26-27-18(28)19(8-9-19)30-15-7-6-11(16(25)29)10-14(15)21/h2-7,10H,8-9H2,1H3,(H2,25,29). The molecule has 1 fully saturated rings. The fourth-order valence-corrected chi connectivity index (χ4v) is 3.78. The summed E-state index contributed by atoms with van der Waals surface area (Å²) in [4.78, 5) is 11.3. The zero-order chi connectivity index (χ0) is 21.7. The molecule has 0 atom stereocenters. The van der Waals surface area contributed by atoms with Crippen molar-refractivity contribution in [1.29, 1.82) is 0 Å². The largest absolute Gasteiger partial charge is 0.478 e. The van der Waals surface area contributed by atoms with Crippen LogP contribution >= 0.6 is 15.9 Å². The minimum Gasteiger partial charge on any atom is -0.478 e. The number of aromatic nitrogens is 3. The van der Waals surface area contributed by atoms with Crippen LogP contribution in [0, 0.1) is 0 Å². The lowest BCUT2D eigenvalue weighted by Crippen LogP contribution is -2.21. The summed E-state index contributed by atoms with van der Waals surface area (Å²) in [6.07, 6.45) is -3.25. The van der Waals surface area contributed by atoms with E-state index in [4.69, 9.17) is 10.5 Å². The van der Waals surface area contributed by atoms with Crippen molar-refractivity contribution in [3.63, 3.8) is 0 Å². The van der Waals surface area contributed by atoms with Crippen molar-refractivity contribution in [3.05, 3.63) is 63.9 Å². The fourth-order valence-electron chi connectivity index (χ4n) is 3.32. The van der Waals surface area contributed by atoms with E-state index in [-0.39, 0.29) is 11.4 Å². The number of hydrogen-bond acceptors (Lipinski definition) is 4. The molecule has 30 heavy (non-hydrogen) atoms. The molecule has 0 unspecified atom stereocenters. The Balaban J connectivity index is 1.69. The maximum absolute atomic E-state index is 13.4. The van der Waals surface area contributed by atoms with Gasteiger partial charge in [-0.25, -0.2) is 0 Å². The predicted octanol–water partition coefficient (Wildman–Crippen LogP) is 4.43. The lowest BCUT2D eigenvalue weighted by Gasteiger charge is -2.19. The second-order valence-corrected chi connectivity index (χ2v) is 7.91. The highest BCUT2D eigenvalue weighted by molar-refractivity contribution is 9.10. The zero-order valence-electron chi connectivity index (χ0n) is 15.7.